The summed E-state index contributed by atoms with van der Waals surface area (Å²) in [5, 5.41) is 10.2. The number of aliphatic hydroxyl groups excluding tert-OH is 1. The number of benzene rings is 1. The van der Waals surface area contributed by atoms with Gasteiger partial charge in [-0.15, -0.1) is 0 Å². The number of halogens is 5. The third-order valence-electron chi connectivity index (χ3n) is 3.73. The molecule has 180 valence electrons. The van der Waals surface area contributed by atoms with Gasteiger partial charge in [-0.25, -0.2) is 0 Å². The first kappa shape index (κ1) is 29.1. The number of rotatable bonds is 6. The van der Waals surface area contributed by atoms with Crippen molar-refractivity contribution in [1.82, 2.24) is 9.88 Å². The maximum Gasteiger partial charge on any atom is 0.416 e. The summed E-state index contributed by atoms with van der Waals surface area (Å²) in [6.07, 6.45) is -1.47. The SMILES string of the molecule is C/C=C(/N)n1cccc1C(=NC)c1ccc(C(F)(F)F)cc1OC(F)F.CC.CNCO. The summed E-state index contributed by atoms with van der Waals surface area (Å²) in [6, 6.07) is 5.62. The third-order valence-corrected chi connectivity index (χ3v) is 3.73. The van der Waals surface area contributed by atoms with Crippen LogP contribution >= 0.6 is 0 Å². The van der Waals surface area contributed by atoms with Gasteiger partial charge in [0.15, 0.2) is 0 Å². The maximum absolute atomic E-state index is 12.9. The van der Waals surface area contributed by atoms with Crippen molar-refractivity contribution in [2.24, 2.45) is 10.7 Å². The number of hydrogen-bond donors (Lipinski definition) is 3. The number of ether oxygens (including phenoxy) is 1. The molecule has 0 fully saturated rings. The van der Waals surface area contributed by atoms with Crippen LogP contribution in [-0.2, 0) is 6.18 Å². The fraction of sp³-hybridized carbons (Fsp3) is 0.381. The first-order valence-corrected chi connectivity index (χ1v) is 9.59. The number of nitrogens with zero attached hydrogens (tertiary/aromatic N) is 2. The van der Waals surface area contributed by atoms with Crippen molar-refractivity contribution in [1.29, 1.82) is 0 Å². The van der Waals surface area contributed by atoms with Crippen LogP contribution in [0.1, 0.15) is 37.6 Å². The van der Waals surface area contributed by atoms with Crippen molar-refractivity contribution in [3.05, 3.63) is 59.4 Å². The number of aliphatic hydroxyl groups is 1. The van der Waals surface area contributed by atoms with Gasteiger partial charge in [0.05, 0.1) is 23.7 Å². The predicted molar refractivity (Wildman–Crippen MR) is 116 cm³/mol. The van der Waals surface area contributed by atoms with Gasteiger partial charge in [-0.05, 0) is 50.4 Å². The van der Waals surface area contributed by atoms with Gasteiger partial charge in [0.1, 0.15) is 11.6 Å². The molecule has 2 aromatic rings. The van der Waals surface area contributed by atoms with Crippen molar-refractivity contribution >= 4 is 11.5 Å². The molecule has 0 aliphatic rings. The predicted octanol–water partition coefficient (Wildman–Crippen LogP) is 4.53. The zero-order valence-electron chi connectivity index (χ0n) is 18.5. The van der Waals surface area contributed by atoms with E-state index in [1.54, 1.807) is 38.4 Å². The summed E-state index contributed by atoms with van der Waals surface area (Å²) in [7, 11) is 3.07. The molecule has 0 atom stereocenters. The lowest BCUT2D eigenvalue weighted by Gasteiger charge is -2.17. The molecule has 0 radical (unpaired) electrons. The summed E-state index contributed by atoms with van der Waals surface area (Å²) < 4.78 is 70.0. The molecule has 2 rings (SSSR count). The van der Waals surface area contributed by atoms with Crippen molar-refractivity contribution in [2.45, 2.75) is 33.6 Å². The molecule has 6 nitrogen and oxygen atoms in total. The number of aliphatic imine (C=N–C) groups is 1. The molecule has 1 aromatic carbocycles. The molecular formula is C21H29F5N4O2. The van der Waals surface area contributed by atoms with Crippen LogP contribution in [0.2, 0.25) is 0 Å². The van der Waals surface area contributed by atoms with E-state index in [4.69, 9.17) is 10.8 Å². The zero-order chi connectivity index (χ0) is 24.9. The fourth-order valence-corrected chi connectivity index (χ4v) is 2.40. The lowest BCUT2D eigenvalue weighted by Crippen LogP contribution is -2.17. The van der Waals surface area contributed by atoms with Crippen LogP contribution in [0.3, 0.4) is 0 Å². The number of aromatic nitrogens is 1. The van der Waals surface area contributed by atoms with E-state index in [1.807, 2.05) is 13.8 Å². The number of nitrogens with two attached hydrogens (primary N) is 1. The van der Waals surface area contributed by atoms with Crippen molar-refractivity contribution in [2.75, 3.05) is 20.8 Å². The van der Waals surface area contributed by atoms with E-state index in [0.717, 1.165) is 12.1 Å². The largest absolute Gasteiger partial charge is 0.434 e. The third kappa shape index (κ3) is 8.31. The minimum absolute atomic E-state index is 0.00958. The van der Waals surface area contributed by atoms with E-state index in [0.29, 0.717) is 17.6 Å². The Labute approximate surface area is 184 Å². The Hall–Kier alpha value is -2.92. The van der Waals surface area contributed by atoms with Gasteiger partial charge in [0, 0.05) is 18.8 Å². The molecule has 32 heavy (non-hydrogen) atoms. The molecule has 0 amide bonds. The van der Waals surface area contributed by atoms with Crippen LogP contribution in [0.25, 0.3) is 5.82 Å². The molecule has 0 aliphatic heterocycles. The number of nitrogens with one attached hydrogen (secondary N) is 1. The number of allylic oxidation sites excluding steroid dienone is 1. The fourth-order valence-electron chi connectivity index (χ4n) is 2.40. The van der Waals surface area contributed by atoms with Gasteiger partial charge in [-0.1, -0.05) is 13.8 Å². The van der Waals surface area contributed by atoms with Crippen molar-refractivity contribution < 1.29 is 31.8 Å². The molecule has 0 saturated heterocycles. The average Bonchev–Trinajstić information content (AvgIpc) is 3.24. The van der Waals surface area contributed by atoms with Crippen LogP contribution in [-0.4, -0.2) is 42.8 Å². The zero-order valence-corrected chi connectivity index (χ0v) is 18.5. The summed E-state index contributed by atoms with van der Waals surface area (Å²) in [6.45, 7) is 2.48. The molecule has 0 unspecified atom stereocenters. The van der Waals surface area contributed by atoms with Crippen LogP contribution in [0.4, 0.5) is 22.0 Å². The van der Waals surface area contributed by atoms with Gasteiger partial charge in [0.2, 0.25) is 0 Å². The lowest BCUT2D eigenvalue weighted by atomic mass is 10.0. The Morgan fingerprint density at radius 1 is 1.28 bits per heavy atom. The summed E-state index contributed by atoms with van der Waals surface area (Å²) in [4.78, 5) is 4.04. The van der Waals surface area contributed by atoms with Gasteiger partial charge in [0.25, 0.3) is 0 Å². The van der Waals surface area contributed by atoms with Crippen molar-refractivity contribution in [3.63, 3.8) is 0 Å². The molecular weight excluding hydrogens is 435 g/mol. The normalized spacial score (nSPS) is 12.0. The molecule has 4 N–H and O–H groups in total. The number of hydrogen-bond acceptors (Lipinski definition) is 5. The maximum atomic E-state index is 12.9. The minimum atomic E-state index is -4.70. The highest BCUT2D eigenvalue weighted by atomic mass is 19.4. The molecule has 1 heterocycles. The number of alkyl halides is 5. The topological polar surface area (TPSA) is 84.8 Å². The Morgan fingerprint density at radius 3 is 2.31 bits per heavy atom. The highest BCUT2D eigenvalue weighted by molar-refractivity contribution is 6.14. The van der Waals surface area contributed by atoms with E-state index in [9.17, 15) is 22.0 Å². The summed E-state index contributed by atoms with van der Waals surface area (Å²) in [5.74, 6) is -0.281. The monoisotopic (exact) mass is 464 g/mol. The quantitative estimate of drug-likeness (QED) is 0.333. The molecule has 0 bridgehead atoms. The molecule has 11 heteroatoms. The summed E-state index contributed by atoms with van der Waals surface area (Å²) >= 11 is 0. The first-order chi connectivity index (χ1) is 15.1. The lowest BCUT2D eigenvalue weighted by molar-refractivity contribution is -0.138. The van der Waals surface area contributed by atoms with Gasteiger partial charge >= 0.3 is 12.8 Å². The summed E-state index contributed by atoms with van der Waals surface area (Å²) in [5.41, 5.74) is 5.34. The Balaban J connectivity index is 0.00000144. The smallest absolute Gasteiger partial charge is 0.416 e. The average molecular weight is 464 g/mol. The molecule has 1 aromatic heterocycles. The molecule has 0 aliphatic carbocycles. The van der Waals surface area contributed by atoms with Gasteiger partial charge in [-0.2, -0.15) is 22.0 Å². The Morgan fingerprint density at radius 2 is 1.88 bits per heavy atom. The Bertz CT molecular complexity index is 875. The van der Waals surface area contributed by atoms with E-state index < -0.39 is 24.1 Å². The van der Waals surface area contributed by atoms with E-state index in [2.05, 4.69) is 15.0 Å². The second-order valence-electron chi connectivity index (χ2n) is 5.65. The second kappa shape index (κ2) is 14.2. The van der Waals surface area contributed by atoms with Gasteiger partial charge in [-0.3, -0.25) is 10.3 Å². The van der Waals surface area contributed by atoms with Gasteiger partial charge < -0.3 is 20.1 Å². The molecule has 0 spiro atoms. The Kier molecular flexibility index (Phi) is 12.9. The second-order valence-corrected chi connectivity index (χ2v) is 5.65. The minimum Gasteiger partial charge on any atom is -0.434 e. The standard InChI is InChI=1S/C17H16F5N3O.C2H7NO.C2H6/c1-3-14(23)25-8-4-5-12(25)15(24-2)11-7-6-10(17(20,21)22)9-13(11)26-16(18)19;1-3-2-4;1-2/h3-9,16H,23H2,1-2H3;3-4H,2H2,1H3;1-2H3/b14-3-,24-15?;;. The molecule has 0 saturated carbocycles. The van der Waals surface area contributed by atoms with E-state index in [-0.39, 0.29) is 18.0 Å². The van der Waals surface area contributed by atoms with Crippen LogP contribution in [0.5, 0.6) is 5.75 Å². The van der Waals surface area contributed by atoms with E-state index >= 15 is 0 Å². The van der Waals surface area contributed by atoms with Crippen LogP contribution in [0.15, 0.2) is 47.6 Å². The van der Waals surface area contributed by atoms with Crippen LogP contribution in [0, 0.1) is 0 Å². The van der Waals surface area contributed by atoms with Crippen molar-refractivity contribution in [3.8, 4) is 5.75 Å². The van der Waals surface area contributed by atoms with E-state index in [1.165, 1.54) is 11.6 Å². The first-order valence-electron chi connectivity index (χ1n) is 9.59. The van der Waals surface area contributed by atoms with Crippen LogP contribution < -0.4 is 15.8 Å². The highest BCUT2D eigenvalue weighted by Crippen LogP contribution is 2.34. The highest BCUT2D eigenvalue weighted by Gasteiger charge is 2.32.